The van der Waals surface area contributed by atoms with Gasteiger partial charge in [-0.25, -0.2) is 4.79 Å². The van der Waals surface area contributed by atoms with Gasteiger partial charge in [0.25, 0.3) is 0 Å². The molecule has 0 atom stereocenters. The number of hydrogen-bond donors (Lipinski definition) is 0. The first-order valence-electron chi connectivity index (χ1n) is 10.4. The molecule has 2 aromatic rings. The number of allylic oxidation sites excluding steroid dienone is 1. The smallest absolute Gasteiger partial charge is 0.372 e. The quantitative estimate of drug-likeness (QED) is 0.372. The number of carbonyl (C=O) groups is 2. The molecule has 5 heteroatoms. The molecule has 0 aliphatic heterocycles. The van der Waals surface area contributed by atoms with Gasteiger partial charge in [0.2, 0.25) is 0 Å². The Balaban J connectivity index is 1.87. The van der Waals surface area contributed by atoms with Crippen LogP contribution >= 0.6 is 0 Å². The highest BCUT2D eigenvalue weighted by atomic mass is 17.2. The molecule has 0 fully saturated rings. The largest absolute Gasteiger partial charge is 0.373 e. The maximum Gasteiger partial charge on any atom is 0.373 e. The van der Waals surface area contributed by atoms with E-state index in [1.165, 1.54) is 0 Å². The van der Waals surface area contributed by atoms with Gasteiger partial charge in [0, 0.05) is 36.3 Å². The summed E-state index contributed by atoms with van der Waals surface area (Å²) in [7, 11) is 0. The van der Waals surface area contributed by atoms with Crippen molar-refractivity contribution in [3.63, 3.8) is 0 Å². The normalized spacial score (nSPS) is 14.7. The SMILES string of the molecule is CCN(CC)c1ccc2c(c1)C/C(=C\c1ccccc1C(=O)OOC(C)(C)C)C2=O. The minimum Gasteiger partial charge on any atom is -0.372 e. The van der Waals surface area contributed by atoms with Crippen molar-refractivity contribution in [1.82, 2.24) is 0 Å². The lowest BCUT2D eigenvalue weighted by atomic mass is 10.0. The number of carbonyl (C=O) groups excluding carboxylic acids is 2. The summed E-state index contributed by atoms with van der Waals surface area (Å²) in [5, 5.41) is 0. The average Bonchev–Trinajstić information content (AvgIpc) is 3.02. The number of ketones is 1. The Kier molecular flexibility index (Phi) is 6.42. The van der Waals surface area contributed by atoms with Crippen LogP contribution in [0.25, 0.3) is 6.08 Å². The van der Waals surface area contributed by atoms with Crippen LogP contribution in [0.2, 0.25) is 0 Å². The van der Waals surface area contributed by atoms with E-state index >= 15 is 0 Å². The summed E-state index contributed by atoms with van der Waals surface area (Å²) in [5.74, 6) is -0.575. The third-order valence-electron chi connectivity index (χ3n) is 5.01. The van der Waals surface area contributed by atoms with Gasteiger partial charge in [0.15, 0.2) is 5.78 Å². The lowest BCUT2D eigenvalue weighted by molar-refractivity contribution is -0.301. The van der Waals surface area contributed by atoms with Gasteiger partial charge < -0.3 is 4.90 Å². The van der Waals surface area contributed by atoms with Crippen molar-refractivity contribution < 1.29 is 19.4 Å². The van der Waals surface area contributed by atoms with E-state index in [9.17, 15) is 9.59 Å². The molecule has 0 radical (unpaired) electrons. The topological polar surface area (TPSA) is 55.8 Å². The number of Topliss-reactive ketones (excluding diaryl/α,β-unsaturated/α-hetero) is 1. The van der Waals surface area contributed by atoms with Gasteiger partial charge in [-0.15, -0.1) is 0 Å². The molecule has 0 spiro atoms. The molecule has 0 saturated heterocycles. The van der Waals surface area contributed by atoms with Crippen LogP contribution in [-0.2, 0) is 16.2 Å². The number of rotatable bonds is 6. The van der Waals surface area contributed by atoms with Gasteiger partial charge in [-0.05, 0) is 76.1 Å². The molecule has 0 unspecified atom stereocenters. The van der Waals surface area contributed by atoms with Gasteiger partial charge in [-0.3, -0.25) is 9.68 Å². The van der Waals surface area contributed by atoms with Gasteiger partial charge in [0.05, 0.1) is 5.56 Å². The van der Waals surface area contributed by atoms with Crippen molar-refractivity contribution in [2.45, 2.75) is 46.6 Å². The standard InChI is InChI=1S/C25H29NO4/c1-6-26(7-2)20-12-13-21-18(16-20)15-19(23(21)27)14-17-10-8-9-11-22(17)24(28)29-30-25(3,4)5/h8-14,16H,6-7,15H2,1-5H3/b19-14+. The number of fused-ring (bicyclic) bond motifs is 1. The molecular formula is C25H29NO4. The molecule has 158 valence electrons. The van der Waals surface area contributed by atoms with Gasteiger partial charge in [0.1, 0.15) is 5.60 Å². The van der Waals surface area contributed by atoms with Crippen LogP contribution in [0.4, 0.5) is 5.69 Å². The van der Waals surface area contributed by atoms with E-state index < -0.39 is 11.6 Å². The second-order valence-electron chi connectivity index (χ2n) is 8.34. The van der Waals surface area contributed by atoms with Crippen molar-refractivity contribution in [1.29, 1.82) is 0 Å². The van der Waals surface area contributed by atoms with E-state index in [1.54, 1.807) is 45.0 Å². The van der Waals surface area contributed by atoms with E-state index in [-0.39, 0.29) is 5.78 Å². The third kappa shape index (κ3) is 4.79. The summed E-state index contributed by atoms with van der Waals surface area (Å²) in [4.78, 5) is 37.9. The fourth-order valence-electron chi connectivity index (χ4n) is 3.51. The molecule has 0 saturated carbocycles. The van der Waals surface area contributed by atoms with Crippen molar-refractivity contribution in [3.05, 3.63) is 70.3 Å². The Bertz CT molecular complexity index is 981. The van der Waals surface area contributed by atoms with E-state index in [0.29, 0.717) is 23.1 Å². The molecule has 3 rings (SSSR count). The van der Waals surface area contributed by atoms with Crippen LogP contribution in [0.3, 0.4) is 0 Å². The summed E-state index contributed by atoms with van der Waals surface area (Å²) < 4.78 is 0. The van der Waals surface area contributed by atoms with Crippen LogP contribution in [0.1, 0.15) is 66.5 Å². The lowest BCUT2D eigenvalue weighted by Gasteiger charge is -2.21. The molecule has 5 nitrogen and oxygen atoms in total. The van der Waals surface area contributed by atoms with Gasteiger partial charge >= 0.3 is 5.97 Å². The summed E-state index contributed by atoms with van der Waals surface area (Å²) in [6, 6.07) is 13.1. The van der Waals surface area contributed by atoms with Crippen LogP contribution in [0.15, 0.2) is 48.0 Å². The zero-order valence-corrected chi connectivity index (χ0v) is 18.3. The maximum atomic E-state index is 12.9. The first-order valence-corrected chi connectivity index (χ1v) is 10.4. The van der Waals surface area contributed by atoms with E-state index in [4.69, 9.17) is 9.78 Å². The Hall–Kier alpha value is -2.92. The molecule has 0 amide bonds. The summed E-state index contributed by atoms with van der Waals surface area (Å²) in [6.45, 7) is 11.5. The Morgan fingerprint density at radius 3 is 2.47 bits per heavy atom. The van der Waals surface area contributed by atoms with Gasteiger partial charge in [-0.2, -0.15) is 4.89 Å². The summed E-state index contributed by atoms with van der Waals surface area (Å²) >= 11 is 0. The molecule has 1 aliphatic carbocycles. The molecule has 0 heterocycles. The minimum atomic E-state index is -0.602. The fourth-order valence-corrected chi connectivity index (χ4v) is 3.51. The molecule has 0 N–H and O–H groups in total. The van der Waals surface area contributed by atoms with E-state index in [1.807, 2.05) is 18.2 Å². The first kappa shape index (κ1) is 21.8. The Morgan fingerprint density at radius 1 is 1.10 bits per heavy atom. The third-order valence-corrected chi connectivity index (χ3v) is 5.01. The monoisotopic (exact) mass is 407 g/mol. The second-order valence-corrected chi connectivity index (χ2v) is 8.34. The molecule has 1 aliphatic rings. The number of hydrogen-bond acceptors (Lipinski definition) is 5. The van der Waals surface area contributed by atoms with E-state index in [2.05, 4.69) is 24.8 Å². The molecule has 0 aromatic heterocycles. The van der Waals surface area contributed by atoms with Crippen molar-refractivity contribution >= 4 is 23.5 Å². The predicted molar refractivity (Wildman–Crippen MR) is 119 cm³/mol. The summed E-state index contributed by atoms with van der Waals surface area (Å²) in [5.41, 5.74) is 3.94. The highest BCUT2D eigenvalue weighted by molar-refractivity contribution is 6.16. The minimum absolute atomic E-state index is 0.00482. The van der Waals surface area contributed by atoms with Crippen LogP contribution in [0.5, 0.6) is 0 Å². The average molecular weight is 408 g/mol. The van der Waals surface area contributed by atoms with Crippen molar-refractivity contribution in [3.8, 4) is 0 Å². The molecule has 0 bridgehead atoms. The molecule has 30 heavy (non-hydrogen) atoms. The lowest BCUT2D eigenvalue weighted by Crippen LogP contribution is -2.22. The Morgan fingerprint density at radius 2 is 1.80 bits per heavy atom. The number of benzene rings is 2. The molecular weight excluding hydrogens is 378 g/mol. The summed E-state index contributed by atoms with van der Waals surface area (Å²) in [6.07, 6.45) is 2.33. The Labute approximate surface area is 178 Å². The van der Waals surface area contributed by atoms with Crippen LogP contribution < -0.4 is 4.90 Å². The predicted octanol–water partition coefficient (Wildman–Crippen LogP) is 5.24. The van der Waals surface area contributed by atoms with Crippen molar-refractivity contribution in [2.75, 3.05) is 18.0 Å². The van der Waals surface area contributed by atoms with E-state index in [0.717, 1.165) is 29.9 Å². The number of anilines is 1. The van der Waals surface area contributed by atoms with Crippen LogP contribution in [0, 0.1) is 0 Å². The highest BCUT2D eigenvalue weighted by Crippen LogP contribution is 2.31. The fraction of sp³-hybridized carbons (Fsp3) is 0.360. The first-order chi connectivity index (χ1) is 14.2. The van der Waals surface area contributed by atoms with Crippen LogP contribution in [-0.4, -0.2) is 30.4 Å². The number of nitrogens with zero attached hydrogens (tertiary/aromatic N) is 1. The zero-order valence-electron chi connectivity index (χ0n) is 18.3. The highest BCUT2D eigenvalue weighted by Gasteiger charge is 2.26. The van der Waals surface area contributed by atoms with Gasteiger partial charge in [-0.1, -0.05) is 18.2 Å². The van der Waals surface area contributed by atoms with Crippen molar-refractivity contribution in [2.24, 2.45) is 0 Å². The molecule has 2 aromatic carbocycles. The second kappa shape index (κ2) is 8.84. The zero-order chi connectivity index (χ0) is 21.9. The maximum absolute atomic E-state index is 12.9.